The molecule has 0 bridgehead atoms. The monoisotopic (exact) mass is 339 g/mol. The van der Waals surface area contributed by atoms with Gasteiger partial charge in [-0.3, -0.25) is 0 Å². The molecule has 130 valence electrons. The van der Waals surface area contributed by atoms with Crippen LogP contribution in [0.1, 0.15) is 50.1 Å². The van der Waals surface area contributed by atoms with E-state index in [9.17, 15) is 0 Å². The van der Waals surface area contributed by atoms with E-state index >= 15 is 0 Å². The summed E-state index contributed by atoms with van der Waals surface area (Å²) in [5, 5.41) is 1.34. The standard InChI is InChI=1S/C25H25N/c1-24(2)15-14-17-16-10-7-9-13-20(16)26(5)23(17)22-21(24)18-11-6-8-12-19(18)25(22,3)4/h6-15H,1-5H3. The van der Waals surface area contributed by atoms with Gasteiger partial charge in [0.25, 0.3) is 0 Å². The van der Waals surface area contributed by atoms with Crippen LogP contribution in [-0.4, -0.2) is 4.57 Å². The lowest BCUT2D eigenvalue weighted by atomic mass is 9.77. The molecule has 0 fully saturated rings. The number of hydrogen-bond donors (Lipinski definition) is 0. The summed E-state index contributed by atoms with van der Waals surface area (Å²) in [6.45, 7) is 9.48. The van der Waals surface area contributed by atoms with Crippen molar-refractivity contribution in [2.45, 2.75) is 33.1 Å². The van der Waals surface area contributed by atoms with Crippen molar-refractivity contribution in [3.63, 3.8) is 0 Å². The van der Waals surface area contributed by atoms with E-state index in [1.165, 1.54) is 44.4 Å². The lowest BCUT2D eigenvalue weighted by Crippen LogP contribution is -2.19. The van der Waals surface area contributed by atoms with Crippen LogP contribution in [0.2, 0.25) is 0 Å². The summed E-state index contributed by atoms with van der Waals surface area (Å²) in [4.78, 5) is 0. The molecule has 5 rings (SSSR count). The van der Waals surface area contributed by atoms with E-state index in [4.69, 9.17) is 0 Å². The molecule has 26 heavy (non-hydrogen) atoms. The maximum atomic E-state index is 2.40. The average molecular weight is 339 g/mol. The van der Waals surface area contributed by atoms with Crippen LogP contribution in [-0.2, 0) is 12.5 Å². The third kappa shape index (κ3) is 1.76. The van der Waals surface area contributed by atoms with Crippen molar-refractivity contribution in [1.82, 2.24) is 4.57 Å². The first-order valence-electron chi connectivity index (χ1n) is 9.46. The fourth-order valence-electron chi connectivity index (χ4n) is 5.18. The summed E-state index contributed by atoms with van der Waals surface area (Å²) in [6, 6.07) is 17.8. The number of aromatic nitrogens is 1. The SMILES string of the molecule is Cn1c2c(c3ccccc31)C=CC(C)(C)C1=C2C(C)(C)c2ccccc21. The van der Waals surface area contributed by atoms with Crippen LogP contribution in [0.25, 0.3) is 28.1 Å². The summed E-state index contributed by atoms with van der Waals surface area (Å²) >= 11 is 0. The van der Waals surface area contributed by atoms with Crippen molar-refractivity contribution >= 4 is 28.1 Å². The van der Waals surface area contributed by atoms with Crippen LogP contribution in [0.4, 0.5) is 0 Å². The highest BCUT2D eigenvalue weighted by molar-refractivity contribution is 6.09. The zero-order valence-corrected chi connectivity index (χ0v) is 16.2. The van der Waals surface area contributed by atoms with Crippen LogP contribution < -0.4 is 0 Å². The summed E-state index contributed by atoms with van der Waals surface area (Å²) in [5.74, 6) is 0. The minimum Gasteiger partial charge on any atom is -0.343 e. The molecule has 3 aromatic rings. The average Bonchev–Trinajstić information content (AvgIpc) is 2.97. The van der Waals surface area contributed by atoms with Gasteiger partial charge in [-0.15, -0.1) is 0 Å². The second kappa shape index (κ2) is 4.79. The molecule has 0 unspecified atom stereocenters. The van der Waals surface area contributed by atoms with Gasteiger partial charge in [-0.2, -0.15) is 0 Å². The number of hydrogen-bond acceptors (Lipinski definition) is 0. The van der Waals surface area contributed by atoms with Gasteiger partial charge >= 0.3 is 0 Å². The predicted molar refractivity (Wildman–Crippen MR) is 112 cm³/mol. The van der Waals surface area contributed by atoms with Crippen molar-refractivity contribution in [3.05, 3.63) is 77.0 Å². The van der Waals surface area contributed by atoms with Crippen LogP contribution in [0.5, 0.6) is 0 Å². The summed E-state index contributed by atoms with van der Waals surface area (Å²) < 4.78 is 2.40. The molecule has 1 nitrogen and oxygen atoms in total. The molecule has 0 saturated carbocycles. The first-order valence-corrected chi connectivity index (χ1v) is 9.46. The number of para-hydroxylation sites is 1. The zero-order valence-electron chi connectivity index (χ0n) is 16.2. The Balaban J connectivity index is 1.99. The molecule has 0 amide bonds. The minimum absolute atomic E-state index is 0.000664. The largest absolute Gasteiger partial charge is 0.343 e. The molecule has 0 spiro atoms. The number of benzene rings is 2. The van der Waals surface area contributed by atoms with Crippen LogP contribution in [0.3, 0.4) is 0 Å². The Bertz CT molecular complexity index is 1130. The molecule has 1 heterocycles. The highest BCUT2D eigenvalue weighted by Gasteiger charge is 2.45. The third-order valence-corrected chi connectivity index (χ3v) is 6.44. The number of allylic oxidation sites excluding steroid dienone is 3. The quantitative estimate of drug-likeness (QED) is 0.444. The van der Waals surface area contributed by atoms with Gasteiger partial charge < -0.3 is 4.57 Å². The van der Waals surface area contributed by atoms with E-state index in [1.54, 1.807) is 0 Å². The van der Waals surface area contributed by atoms with Crippen molar-refractivity contribution < 1.29 is 0 Å². The number of nitrogens with zero attached hydrogens (tertiary/aromatic N) is 1. The van der Waals surface area contributed by atoms with Gasteiger partial charge in [-0.1, -0.05) is 82.3 Å². The van der Waals surface area contributed by atoms with E-state index in [0.717, 1.165) is 0 Å². The molecule has 0 radical (unpaired) electrons. The molecule has 2 aliphatic carbocycles. The van der Waals surface area contributed by atoms with Crippen molar-refractivity contribution in [2.24, 2.45) is 12.5 Å². The Morgan fingerprint density at radius 1 is 0.808 bits per heavy atom. The minimum atomic E-state index is -0.00783. The lowest BCUT2D eigenvalue weighted by molar-refractivity contribution is 0.652. The maximum Gasteiger partial charge on any atom is 0.0533 e. The number of aryl methyl sites for hydroxylation is 1. The molecular formula is C25H25N. The Morgan fingerprint density at radius 3 is 2.31 bits per heavy atom. The molecule has 2 aliphatic rings. The maximum absolute atomic E-state index is 2.40. The summed E-state index contributed by atoms with van der Waals surface area (Å²) in [7, 11) is 2.22. The zero-order chi connectivity index (χ0) is 18.3. The lowest BCUT2D eigenvalue weighted by Gasteiger charge is -2.28. The smallest absolute Gasteiger partial charge is 0.0533 e. The van der Waals surface area contributed by atoms with E-state index in [2.05, 4.69) is 100.0 Å². The molecular weight excluding hydrogens is 314 g/mol. The molecule has 1 heteroatoms. The molecule has 2 aromatic carbocycles. The Kier molecular flexibility index (Phi) is 2.89. The third-order valence-electron chi connectivity index (χ3n) is 6.44. The second-order valence-corrected chi connectivity index (χ2v) is 8.81. The van der Waals surface area contributed by atoms with Crippen LogP contribution >= 0.6 is 0 Å². The van der Waals surface area contributed by atoms with E-state index < -0.39 is 0 Å². The van der Waals surface area contributed by atoms with Gasteiger partial charge in [0, 0.05) is 34.3 Å². The first-order chi connectivity index (χ1) is 12.3. The fraction of sp³-hybridized carbons (Fsp3) is 0.280. The molecule has 0 aliphatic heterocycles. The van der Waals surface area contributed by atoms with Crippen molar-refractivity contribution in [1.29, 1.82) is 0 Å². The van der Waals surface area contributed by atoms with E-state index in [0.29, 0.717) is 0 Å². The Hall–Kier alpha value is -2.54. The molecule has 0 N–H and O–H groups in total. The predicted octanol–water partition coefficient (Wildman–Crippen LogP) is 6.43. The van der Waals surface area contributed by atoms with Crippen LogP contribution in [0.15, 0.2) is 54.6 Å². The van der Waals surface area contributed by atoms with Gasteiger partial charge in [-0.05, 0) is 28.3 Å². The summed E-state index contributed by atoms with van der Waals surface area (Å²) in [5.41, 5.74) is 9.88. The highest BCUT2D eigenvalue weighted by atomic mass is 15.0. The molecule has 1 aromatic heterocycles. The van der Waals surface area contributed by atoms with Gasteiger partial charge in [0.1, 0.15) is 0 Å². The van der Waals surface area contributed by atoms with Crippen LogP contribution in [0, 0.1) is 5.41 Å². The topological polar surface area (TPSA) is 4.93 Å². The first kappa shape index (κ1) is 15.7. The highest BCUT2D eigenvalue weighted by Crippen LogP contribution is 2.59. The van der Waals surface area contributed by atoms with Gasteiger partial charge in [0.2, 0.25) is 0 Å². The number of rotatable bonds is 0. The van der Waals surface area contributed by atoms with Gasteiger partial charge in [0.15, 0.2) is 0 Å². The van der Waals surface area contributed by atoms with E-state index in [1.807, 2.05) is 0 Å². The Labute approximate surface area is 155 Å². The second-order valence-electron chi connectivity index (χ2n) is 8.81. The Morgan fingerprint density at radius 2 is 1.50 bits per heavy atom. The van der Waals surface area contributed by atoms with Gasteiger partial charge in [-0.25, -0.2) is 0 Å². The summed E-state index contributed by atoms with van der Waals surface area (Å²) in [6.07, 6.45) is 4.76. The fourth-order valence-corrected chi connectivity index (χ4v) is 5.18. The number of fused-ring (bicyclic) bond motifs is 6. The van der Waals surface area contributed by atoms with Crippen molar-refractivity contribution in [3.8, 4) is 0 Å². The van der Waals surface area contributed by atoms with E-state index in [-0.39, 0.29) is 10.8 Å². The van der Waals surface area contributed by atoms with Gasteiger partial charge in [0.05, 0.1) is 5.69 Å². The van der Waals surface area contributed by atoms with Crippen molar-refractivity contribution in [2.75, 3.05) is 0 Å². The molecule has 0 atom stereocenters. The normalized spacial score (nSPS) is 19.3. The molecule has 0 saturated heterocycles.